The van der Waals surface area contributed by atoms with E-state index in [9.17, 15) is 4.79 Å². The number of thioether (sulfide) groups is 1. The van der Waals surface area contributed by atoms with Gasteiger partial charge in [-0.15, -0.1) is 0 Å². The van der Waals surface area contributed by atoms with Crippen molar-refractivity contribution in [3.63, 3.8) is 0 Å². The number of hydrogen-bond donors (Lipinski definition) is 1. The third-order valence-electron chi connectivity index (χ3n) is 4.06. The van der Waals surface area contributed by atoms with Gasteiger partial charge in [-0.3, -0.25) is 9.69 Å². The van der Waals surface area contributed by atoms with E-state index in [1.807, 2.05) is 63.2 Å². The molecule has 3 nitrogen and oxygen atoms in total. The van der Waals surface area contributed by atoms with Gasteiger partial charge in [-0.05, 0) is 61.2 Å². The molecule has 2 aromatic carbocycles. The summed E-state index contributed by atoms with van der Waals surface area (Å²) in [6, 6.07) is 13.6. The Morgan fingerprint density at radius 2 is 1.79 bits per heavy atom. The lowest BCUT2D eigenvalue weighted by atomic mass is 10.1. The molecule has 0 aliphatic carbocycles. The van der Waals surface area contributed by atoms with E-state index in [4.69, 9.17) is 18.0 Å². The Bertz CT molecular complexity index is 869. The van der Waals surface area contributed by atoms with Crippen molar-refractivity contribution < 1.29 is 4.79 Å². The highest BCUT2D eigenvalue weighted by Gasteiger charge is 2.35. The molecule has 1 aliphatic rings. The first-order valence-corrected chi connectivity index (χ1v) is 8.81. The van der Waals surface area contributed by atoms with Crippen LogP contribution in [0.2, 0.25) is 0 Å². The molecule has 0 unspecified atom stereocenters. The summed E-state index contributed by atoms with van der Waals surface area (Å²) in [6.45, 7) is 5.95. The van der Waals surface area contributed by atoms with Crippen molar-refractivity contribution in [1.82, 2.24) is 0 Å². The average molecular weight is 355 g/mol. The summed E-state index contributed by atoms with van der Waals surface area (Å²) in [5, 5.41) is 0. The van der Waals surface area contributed by atoms with Crippen LogP contribution in [-0.4, -0.2) is 10.2 Å². The van der Waals surface area contributed by atoms with Crippen molar-refractivity contribution in [1.29, 1.82) is 0 Å². The normalized spacial score (nSPS) is 16.7. The van der Waals surface area contributed by atoms with Crippen LogP contribution in [0.5, 0.6) is 0 Å². The van der Waals surface area contributed by atoms with Crippen LogP contribution in [0.15, 0.2) is 47.4 Å². The van der Waals surface area contributed by atoms with Gasteiger partial charge in [0.2, 0.25) is 0 Å². The predicted molar refractivity (Wildman–Crippen MR) is 107 cm³/mol. The quantitative estimate of drug-likeness (QED) is 0.483. The topological polar surface area (TPSA) is 46.3 Å². The summed E-state index contributed by atoms with van der Waals surface area (Å²) in [6.07, 6.45) is 0. The standard InChI is InChI=1S/C19H18N2OS2/c1-11-4-5-12(2)16(10-11)21-18(22)17(24-19(21)23)13(3)14-6-8-15(20)9-7-14/h4-10H,20H2,1-3H3/b17-13-. The number of carbonyl (C=O) groups is 1. The number of nitrogens with zero attached hydrogens (tertiary/aromatic N) is 1. The maximum atomic E-state index is 13.0. The fourth-order valence-corrected chi connectivity index (χ4v) is 3.96. The van der Waals surface area contributed by atoms with Gasteiger partial charge in [0.1, 0.15) is 0 Å². The summed E-state index contributed by atoms with van der Waals surface area (Å²) in [7, 11) is 0. The maximum Gasteiger partial charge on any atom is 0.271 e. The van der Waals surface area contributed by atoms with E-state index in [1.165, 1.54) is 11.8 Å². The minimum absolute atomic E-state index is 0.0620. The first-order valence-electron chi connectivity index (χ1n) is 7.59. The van der Waals surface area contributed by atoms with E-state index >= 15 is 0 Å². The van der Waals surface area contributed by atoms with Crippen LogP contribution in [-0.2, 0) is 4.79 Å². The third-order valence-corrected chi connectivity index (χ3v) is 5.53. The number of rotatable bonds is 2. The molecule has 122 valence electrons. The number of carbonyl (C=O) groups excluding carboxylic acids is 1. The lowest BCUT2D eigenvalue weighted by Crippen LogP contribution is -2.28. The first kappa shape index (κ1) is 16.7. The second kappa shape index (κ2) is 6.42. The molecule has 5 heteroatoms. The van der Waals surface area contributed by atoms with Gasteiger partial charge in [-0.1, -0.05) is 48.2 Å². The smallest absolute Gasteiger partial charge is 0.271 e. The number of aryl methyl sites for hydroxylation is 2. The van der Waals surface area contributed by atoms with E-state index in [0.717, 1.165) is 28.0 Å². The van der Waals surface area contributed by atoms with Crippen LogP contribution in [0.1, 0.15) is 23.6 Å². The zero-order chi connectivity index (χ0) is 17.4. The molecule has 24 heavy (non-hydrogen) atoms. The highest BCUT2D eigenvalue weighted by molar-refractivity contribution is 8.27. The van der Waals surface area contributed by atoms with Gasteiger partial charge in [0.15, 0.2) is 4.32 Å². The molecule has 0 aromatic heterocycles. The number of nitrogen functional groups attached to an aromatic ring is 1. The Morgan fingerprint density at radius 1 is 1.12 bits per heavy atom. The summed E-state index contributed by atoms with van der Waals surface area (Å²) < 4.78 is 0.568. The number of anilines is 2. The lowest BCUT2D eigenvalue weighted by molar-refractivity contribution is -0.113. The van der Waals surface area contributed by atoms with Crippen molar-refractivity contribution >= 4 is 51.2 Å². The zero-order valence-electron chi connectivity index (χ0n) is 13.8. The highest BCUT2D eigenvalue weighted by atomic mass is 32.2. The van der Waals surface area contributed by atoms with Crippen molar-refractivity contribution in [3.8, 4) is 0 Å². The van der Waals surface area contributed by atoms with Crippen LogP contribution in [0.4, 0.5) is 11.4 Å². The zero-order valence-corrected chi connectivity index (χ0v) is 15.4. The second-order valence-corrected chi connectivity index (χ2v) is 7.52. The lowest BCUT2D eigenvalue weighted by Gasteiger charge is -2.18. The molecule has 2 N–H and O–H groups in total. The van der Waals surface area contributed by atoms with Crippen molar-refractivity contribution in [2.45, 2.75) is 20.8 Å². The van der Waals surface area contributed by atoms with Gasteiger partial charge in [0, 0.05) is 5.69 Å². The Balaban J connectivity index is 2.04. The average Bonchev–Trinajstić information content (AvgIpc) is 2.84. The van der Waals surface area contributed by atoms with E-state index < -0.39 is 0 Å². The summed E-state index contributed by atoms with van der Waals surface area (Å²) in [4.78, 5) is 15.3. The summed E-state index contributed by atoms with van der Waals surface area (Å²) in [5.41, 5.74) is 11.3. The molecule has 1 amide bonds. The van der Waals surface area contributed by atoms with E-state index in [-0.39, 0.29) is 5.91 Å². The van der Waals surface area contributed by atoms with Crippen LogP contribution in [0, 0.1) is 13.8 Å². The number of thiocarbonyl (C=S) groups is 1. The molecule has 1 saturated heterocycles. The molecule has 0 atom stereocenters. The van der Waals surface area contributed by atoms with Crippen LogP contribution < -0.4 is 10.6 Å². The number of benzene rings is 2. The molecule has 2 aromatic rings. The summed E-state index contributed by atoms with van der Waals surface area (Å²) in [5.74, 6) is -0.0620. The van der Waals surface area contributed by atoms with E-state index in [1.54, 1.807) is 4.90 Å². The third kappa shape index (κ3) is 2.97. The fraction of sp³-hybridized carbons (Fsp3) is 0.158. The first-order chi connectivity index (χ1) is 11.4. The van der Waals surface area contributed by atoms with Crippen molar-refractivity contribution in [2.24, 2.45) is 0 Å². The Labute approximate surface area is 151 Å². The Hall–Kier alpha value is -2.11. The maximum absolute atomic E-state index is 13.0. The number of hydrogen-bond acceptors (Lipinski definition) is 4. The van der Waals surface area contributed by atoms with Gasteiger partial charge < -0.3 is 5.73 Å². The second-order valence-electron chi connectivity index (χ2n) is 5.87. The molecule has 0 spiro atoms. The SMILES string of the molecule is C/C(=C1/SC(=S)N(c2cc(C)ccc2C)C1=O)c1ccc(N)cc1. The highest BCUT2D eigenvalue weighted by Crippen LogP contribution is 2.40. The minimum Gasteiger partial charge on any atom is -0.399 e. The van der Waals surface area contributed by atoms with E-state index in [2.05, 4.69) is 0 Å². The number of nitrogens with two attached hydrogens (primary N) is 1. The molecule has 0 radical (unpaired) electrons. The molecular weight excluding hydrogens is 336 g/mol. The molecule has 3 rings (SSSR count). The summed E-state index contributed by atoms with van der Waals surface area (Å²) >= 11 is 6.84. The Morgan fingerprint density at radius 3 is 2.46 bits per heavy atom. The fourth-order valence-electron chi connectivity index (χ4n) is 2.63. The Kier molecular flexibility index (Phi) is 4.47. The van der Waals surface area contributed by atoms with Gasteiger partial charge in [-0.2, -0.15) is 0 Å². The van der Waals surface area contributed by atoms with Gasteiger partial charge >= 0.3 is 0 Å². The molecule has 0 saturated carbocycles. The van der Waals surface area contributed by atoms with Gasteiger partial charge in [-0.25, -0.2) is 0 Å². The van der Waals surface area contributed by atoms with Crippen LogP contribution in [0.25, 0.3) is 5.57 Å². The largest absolute Gasteiger partial charge is 0.399 e. The van der Waals surface area contributed by atoms with Crippen molar-refractivity contribution in [3.05, 3.63) is 64.1 Å². The molecular formula is C19H18N2OS2. The molecule has 0 bridgehead atoms. The van der Waals surface area contributed by atoms with E-state index in [0.29, 0.717) is 14.9 Å². The van der Waals surface area contributed by atoms with Gasteiger partial charge in [0.05, 0.1) is 10.6 Å². The van der Waals surface area contributed by atoms with Crippen LogP contribution in [0.3, 0.4) is 0 Å². The molecule has 1 heterocycles. The molecule has 1 aliphatic heterocycles. The van der Waals surface area contributed by atoms with Crippen molar-refractivity contribution in [2.75, 3.05) is 10.6 Å². The molecule has 1 fully saturated rings. The minimum atomic E-state index is -0.0620. The number of amides is 1. The van der Waals surface area contributed by atoms with Crippen LogP contribution >= 0.6 is 24.0 Å². The monoisotopic (exact) mass is 354 g/mol. The predicted octanol–water partition coefficient (Wildman–Crippen LogP) is 4.68. The van der Waals surface area contributed by atoms with Gasteiger partial charge in [0.25, 0.3) is 5.91 Å². The number of allylic oxidation sites excluding steroid dienone is 1.